The van der Waals surface area contributed by atoms with Crippen molar-refractivity contribution in [3.05, 3.63) is 89.9 Å². The van der Waals surface area contributed by atoms with Crippen LogP contribution in [0.4, 0.5) is 0 Å². The molecule has 0 saturated heterocycles. The number of likely N-dealkylation sites (N-methyl/N-ethyl adjacent to an activating group) is 1. The number of thioether (sulfide) groups is 1. The molecule has 3 N–H and O–H groups in total. The Balaban J connectivity index is 1.64. The quantitative estimate of drug-likeness (QED) is 0.214. The number of amidine groups is 1. The van der Waals surface area contributed by atoms with Crippen LogP contribution < -0.4 is 15.9 Å². The first-order valence-electron chi connectivity index (χ1n) is 10.9. The molecular formula is C25H28N6O3S. The van der Waals surface area contributed by atoms with Crippen LogP contribution in [0.25, 0.3) is 0 Å². The van der Waals surface area contributed by atoms with E-state index in [1.54, 1.807) is 38.6 Å². The van der Waals surface area contributed by atoms with Gasteiger partial charge >= 0.3 is 0 Å². The van der Waals surface area contributed by atoms with Gasteiger partial charge in [0, 0.05) is 50.4 Å². The maximum absolute atomic E-state index is 12.7. The fraction of sp³-hybridized carbons (Fsp3) is 0.240. The number of pyridine rings is 2. The van der Waals surface area contributed by atoms with E-state index in [0.29, 0.717) is 12.0 Å². The van der Waals surface area contributed by atoms with E-state index in [0.717, 1.165) is 11.1 Å². The van der Waals surface area contributed by atoms with Gasteiger partial charge in [-0.15, -0.1) is 0 Å². The van der Waals surface area contributed by atoms with Crippen LogP contribution in [0.3, 0.4) is 0 Å². The van der Waals surface area contributed by atoms with Crippen LogP contribution in [0.1, 0.15) is 33.7 Å². The van der Waals surface area contributed by atoms with Crippen molar-refractivity contribution >= 4 is 28.7 Å². The summed E-state index contributed by atoms with van der Waals surface area (Å²) < 4.78 is 5.89. The van der Waals surface area contributed by atoms with Gasteiger partial charge in [-0.1, -0.05) is 42.1 Å². The molecule has 0 aliphatic carbocycles. The Morgan fingerprint density at radius 1 is 1.11 bits per heavy atom. The van der Waals surface area contributed by atoms with Gasteiger partial charge in [-0.05, 0) is 36.2 Å². The highest BCUT2D eigenvalue weighted by Gasteiger charge is 2.23. The van der Waals surface area contributed by atoms with Gasteiger partial charge in [-0.3, -0.25) is 19.9 Å². The van der Waals surface area contributed by atoms with E-state index in [2.05, 4.69) is 20.4 Å². The molecule has 0 radical (unpaired) electrons. The molecule has 0 saturated carbocycles. The summed E-state index contributed by atoms with van der Waals surface area (Å²) in [6.45, 7) is 1.98. The van der Waals surface area contributed by atoms with E-state index < -0.39 is 12.0 Å². The lowest BCUT2D eigenvalue weighted by Crippen LogP contribution is -2.39. The number of nitrogens with one attached hydrogen (secondary N) is 1. The molecule has 2 heterocycles. The number of aromatic nitrogens is 2. The highest BCUT2D eigenvalue weighted by molar-refractivity contribution is 8.14. The number of benzene rings is 1. The van der Waals surface area contributed by atoms with Gasteiger partial charge in [0.05, 0.1) is 5.56 Å². The third-order valence-electron chi connectivity index (χ3n) is 5.04. The molecule has 0 fully saturated rings. The Morgan fingerprint density at radius 2 is 1.83 bits per heavy atom. The average Bonchev–Trinajstić information content (AvgIpc) is 2.88. The monoisotopic (exact) mass is 492 g/mol. The Labute approximate surface area is 208 Å². The van der Waals surface area contributed by atoms with E-state index in [1.165, 1.54) is 22.9 Å². The number of ether oxygens (including phenoxy) is 1. The molecule has 0 bridgehead atoms. The van der Waals surface area contributed by atoms with Crippen LogP contribution in [0.5, 0.6) is 5.88 Å². The lowest BCUT2D eigenvalue weighted by molar-refractivity contribution is -0.136. The molecule has 0 aliphatic rings. The number of hydrazone groups is 1. The van der Waals surface area contributed by atoms with Gasteiger partial charge in [0.15, 0.2) is 11.3 Å². The summed E-state index contributed by atoms with van der Waals surface area (Å²) in [6.07, 6.45) is 4.44. The van der Waals surface area contributed by atoms with E-state index in [1.807, 2.05) is 49.4 Å². The molecule has 2 atom stereocenters. The number of rotatable bonds is 8. The van der Waals surface area contributed by atoms with Crippen molar-refractivity contribution < 1.29 is 14.3 Å². The molecule has 2 aromatic heterocycles. The maximum atomic E-state index is 12.7. The molecule has 1 unspecified atom stereocenters. The summed E-state index contributed by atoms with van der Waals surface area (Å²) in [5, 5.41) is 6.68. The van der Waals surface area contributed by atoms with Crippen LogP contribution in [-0.4, -0.2) is 52.0 Å². The van der Waals surface area contributed by atoms with Crippen molar-refractivity contribution in [3.8, 4) is 5.88 Å². The van der Waals surface area contributed by atoms with Crippen molar-refractivity contribution in [2.45, 2.75) is 24.7 Å². The largest absolute Gasteiger partial charge is 0.464 e. The highest BCUT2D eigenvalue weighted by Crippen LogP contribution is 2.28. The predicted molar refractivity (Wildman–Crippen MR) is 137 cm³/mol. The molecule has 0 aliphatic heterocycles. The van der Waals surface area contributed by atoms with Crippen LogP contribution in [0, 0.1) is 0 Å². The first-order chi connectivity index (χ1) is 16.9. The number of carbonyl (C=O) groups excluding carboxylic acids is 2. The minimum atomic E-state index is -0.748. The summed E-state index contributed by atoms with van der Waals surface area (Å²) in [4.78, 5) is 35.1. The first-order valence-corrected chi connectivity index (χ1v) is 11.8. The van der Waals surface area contributed by atoms with Crippen molar-refractivity contribution in [1.29, 1.82) is 0 Å². The standard InChI is InChI=1S/C25H28N6O3S/c1-17(19-11-13-27-14-12-19)35-25(30-26)29-23(32)20-9-10-22(28-16-20)34-21(24(33)31(2)3)15-18-7-5-4-6-8-18/h4-14,16-17,21H,15,26H2,1-3H3,(H,29,30,32)/t17?,21-/m0/s1. The summed E-state index contributed by atoms with van der Waals surface area (Å²) in [5.41, 5.74) is 2.30. The fourth-order valence-corrected chi connectivity index (χ4v) is 4.00. The molecule has 3 rings (SSSR count). The number of hydrogen-bond donors (Lipinski definition) is 2. The average molecular weight is 493 g/mol. The van der Waals surface area contributed by atoms with Gasteiger partial charge < -0.3 is 15.5 Å². The van der Waals surface area contributed by atoms with Crippen molar-refractivity contribution in [1.82, 2.24) is 20.2 Å². The Morgan fingerprint density at radius 3 is 2.43 bits per heavy atom. The number of hydrogen-bond acceptors (Lipinski definition) is 8. The second-order valence-corrected chi connectivity index (χ2v) is 9.17. The number of nitrogens with two attached hydrogens (primary N) is 1. The minimum absolute atomic E-state index is 0.00489. The van der Waals surface area contributed by atoms with E-state index in [-0.39, 0.29) is 22.2 Å². The van der Waals surface area contributed by atoms with Crippen molar-refractivity contribution in [2.24, 2.45) is 10.9 Å². The second kappa shape index (κ2) is 12.5. The Kier molecular flexibility index (Phi) is 9.19. The minimum Gasteiger partial charge on any atom is -0.464 e. The van der Waals surface area contributed by atoms with Crippen molar-refractivity contribution in [3.63, 3.8) is 0 Å². The lowest BCUT2D eigenvalue weighted by atomic mass is 10.1. The van der Waals surface area contributed by atoms with Gasteiger partial charge in [0.2, 0.25) is 5.88 Å². The van der Waals surface area contributed by atoms with E-state index in [4.69, 9.17) is 10.6 Å². The van der Waals surface area contributed by atoms with E-state index in [9.17, 15) is 9.59 Å². The van der Waals surface area contributed by atoms with Crippen LogP contribution >= 0.6 is 11.8 Å². The number of nitrogens with zero attached hydrogens (tertiary/aromatic N) is 4. The fourth-order valence-electron chi connectivity index (χ4n) is 3.16. The van der Waals surface area contributed by atoms with Gasteiger partial charge in [0.25, 0.3) is 11.8 Å². The molecule has 3 aromatic rings. The first kappa shape index (κ1) is 25.7. The maximum Gasteiger partial charge on any atom is 0.263 e. The lowest BCUT2D eigenvalue weighted by Gasteiger charge is -2.21. The molecule has 2 amide bonds. The molecule has 1 aromatic carbocycles. The van der Waals surface area contributed by atoms with Crippen LogP contribution in [-0.2, 0) is 11.2 Å². The smallest absolute Gasteiger partial charge is 0.263 e. The molecule has 0 spiro atoms. The van der Waals surface area contributed by atoms with Gasteiger partial charge in [0.1, 0.15) is 0 Å². The molecule has 10 heteroatoms. The SMILES string of the molecule is CC(S/C(=N\N)NC(=O)c1ccc(O[C@@H](Cc2ccccc2)C(=O)N(C)C)nc1)c1ccncc1. The zero-order chi connectivity index (χ0) is 25.2. The number of amides is 2. The molecule has 182 valence electrons. The van der Waals surface area contributed by atoms with Crippen LogP contribution in [0.2, 0.25) is 0 Å². The summed E-state index contributed by atoms with van der Waals surface area (Å²) >= 11 is 1.32. The van der Waals surface area contributed by atoms with Gasteiger partial charge in [-0.2, -0.15) is 5.10 Å². The topological polar surface area (TPSA) is 123 Å². The van der Waals surface area contributed by atoms with Crippen molar-refractivity contribution in [2.75, 3.05) is 14.1 Å². The summed E-state index contributed by atoms with van der Waals surface area (Å²) in [7, 11) is 3.35. The Bertz CT molecular complexity index is 1140. The van der Waals surface area contributed by atoms with Gasteiger partial charge in [-0.25, -0.2) is 4.98 Å². The zero-order valence-corrected chi connectivity index (χ0v) is 20.6. The zero-order valence-electron chi connectivity index (χ0n) is 19.8. The molecular weight excluding hydrogens is 464 g/mol. The van der Waals surface area contributed by atoms with E-state index >= 15 is 0 Å². The molecule has 35 heavy (non-hydrogen) atoms. The third-order valence-corrected chi connectivity index (χ3v) is 6.10. The number of carbonyl (C=O) groups is 2. The van der Waals surface area contributed by atoms with Crippen LogP contribution in [0.15, 0.2) is 78.3 Å². The summed E-state index contributed by atoms with van der Waals surface area (Å²) in [5.74, 6) is 5.14. The normalized spacial score (nSPS) is 12.9. The highest BCUT2D eigenvalue weighted by atomic mass is 32.2. The predicted octanol–water partition coefficient (Wildman–Crippen LogP) is 3.01. The third kappa shape index (κ3) is 7.54. The molecule has 9 nitrogen and oxygen atoms in total. The summed E-state index contributed by atoms with van der Waals surface area (Å²) in [6, 6.07) is 16.5. The second-order valence-electron chi connectivity index (χ2n) is 7.84. The Hall–Kier alpha value is -3.92.